The third-order valence-corrected chi connectivity index (χ3v) is 2.36. The number of nitrogens with zero attached hydrogens (tertiary/aromatic N) is 3. The van der Waals surface area contributed by atoms with E-state index in [4.69, 9.17) is 5.73 Å². The van der Waals surface area contributed by atoms with E-state index < -0.39 is 0 Å². The predicted molar refractivity (Wildman–Crippen MR) is 55.9 cm³/mol. The zero-order valence-electron chi connectivity index (χ0n) is 7.34. The van der Waals surface area contributed by atoms with Gasteiger partial charge in [0.15, 0.2) is 5.13 Å². The highest BCUT2D eigenvalue weighted by Gasteiger charge is 1.98. The van der Waals surface area contributed by atoms with Crippen LogP contribution >= 0.6 is 11.3 Å². The third-order valence-electron chi connectivity index (χ3n) is 1.57. The minimum atomic E-state index is 0.612. The lowest BCUT2D eigenvalue weighted by molar-refractivity contribution is 0.923. The topological polar surface area (TPSA) is 76.7 Å². The minimum absolute atomic E-state index is 0.612. The van der Waals surface area contributed by atoms with Gasteiger partial charge in [0.1, 0.15) is 5.00 Å². The Balaban J connectivity index is 1.95. The van der Waals surface area contributed by atoms with Gasteiger partial charge in [-0.2, -0.15) is 10.2 Å². The van der Waals surface area contributed by atoms with E-state index in [-0.39, 0.29) is 0 Å². The van der Waals surface area contributed by atoms with Gasteiger partial charge < -0.3 is 11.1 Å². The fourth-order valence-corrected chi connectivity index (χ4v) is 1.54. The minimum Gasteiger partial charge on any atom is -0.389 e. The Morgan fingerprint density at radius 1 is 1.50 bits per heavy atom. The van der Waals surface area contributed by atoms with Crippen molar-refractivity contribution in [3.05, 3.63) is 30.2 Å². The molecule has 0 amide bonds. The fourth-order valence-electron chi connectivity index (χ4n) is 0.962. The average molecular weight is 207 g/mol. The second kappa shape index (κ2) is 4.01. The molecule has 2 heterocycles. The molecule has 0 aliphatic heterocycles. The van der Waals surface area contributed by atoms with Crippen LogP contribution in [0.5, 0.6) is 0 Å². The Morgan fingerprint density at radius 2 is 2.43 bits per heavy atom. The van der Waals surface area contributed by atoms with E-state index >= 15 is 0 Å². The Kier molecular flexibility index (Phi) is 2.55. The molecule has 0 atom stereocenters. The molecule has 0 unspecified atom stereocenters. The number of thiazole rings is 1. The molecule has 0 bridgehead atoms. The summed E-state index contributed by atoms with van der Waals surface area (Å²) < 4.78 is 0. The number of nitrogens with two attached hydrogens (primary N) is 1. The second-order valence-electron chi connectivity index (χ2n) is 2.64. The number of rotatable bonds is 3. The highest BCUT2D eigenvalue weighted by Crippen LogP contribution is 2.19. The van der Waals surface area contributed by atoms with Crippen molar-refractivity contribution in [2.45, 2.75) is 6.54 Å². The second-order valence-corrected chi connectivity index (χ2v) is 3.70. The van der Waals surface area contributed by atoms with Crippen molar-refractivity contribution >= 4 is 21.5 Å². The summed E-state index contributed by atoms with van der Waals surface area (Å²) in [6, 6.07) is 3.75. The maximum absolute atomic E-state index is 5.54. The zero-order chi connectivity index (χ0) is 9.80. The van der Waals surface area contributed by atoms with E-state index in [1.165, 1.54) is 11.3 Å². The first-order valence-corrected chi connectivity index (χ1v) is 4.88. The van der Waals surface area contributed by atoms with Crippen molar-refractivity contribution in [1.82, 2.24) is 15.2 Å². The van der Waals surface area contributed by atoms with Crippen LogP contribution in [0, 0.1) is 0 Å². The normalized spacial score (nSPS) is 10.0. The number of aromatic nitrogens is 3. The molecular formula is C8H9N5S. The van der Waals surface area contributed by atoms with Crippen molar-refractivity contribution in [3.8, 4) is 0 Å². The number of nitrogens with one attached hydrogen (secondary N) is 1. The highest BCUT2D eigenvalue weighted by molar-refractivity contribution is 7.19. The van der Waals surface area contributed by atoms with Crippen LogP contribution in [0.2, 0.25) is 0 Å². The molecule has 14 heavy (non-hydrogen) atoms. The maximum atomic E-state index is 5.54. The summed E-state index contributed by atoms with van der Waals surface area (Å²) in [5, 5.41) is 12.3. The van der Waals surface area contributed by atoms with Gasteiger partial charge >= 0.3 is 0 Å². The van der Waals surface area contributed by atoms with Crippen molar-refractivity contribution in [1.29, 1.82) is 0 Å². The molecule has 2 rings (SSSR count). The van der Waals surface area contributed by atoms with E-state index in [9.17, 15) is 0 Å². The molecule has 2 aromatic rings. The molecule has 0 aliphatic rings. The van der Waals surface area contributed by atoms with Gasteiger partial charge in [-0.05, 0) is 12.1 Å². The van der Waals surface area contributed by atoms with Gasteiger partial charge in [-0.15, -0.1) is 0 Å². The molecule has 0 saturated carbocycles. The Bertz CT molecular complexity index is 399. The van der Waals surface area contributed by atoms with Crippen LogP contribution in [0.3, 0.4) is 0 Å². The van der Waals surface area contributed by atoms with Gasteiger partial charge in [0, 0.05) is 6.20 Å². The molecule has 0 saturated heterocycles. The summed E-state index contributed by atoms with van der Waals surface area (Å²) in [5.41, 5.74) is 6.41. The van der Waals surface area contributed by atoms with Crippen molar-refractivity contribution in [3.63, 3.8) is 0 Å². The lowest BCUT2D eigenvalue weighted by atomic mass is 10.4. The lowest BCUT2D eigenvalue weighted by Crippen LogP contribution is -2.01. The van der Waals surface area contributed by atoms with Crippen molar-refractivity contribution in [2.75, 3.05) is 11.1 Å². The number of hydrogen-bond acceptors (Lipinski definition) is 6. The quantitative estimate of drug-likeness (QED) is 0.788. The fraction of sp³-hybridized carbons (Fsp3) is 0.125. The van der Waals surface area contributed by atoms with Crippen molar-refractivity contribution in [2.24, 2.45) is 0 Å². The third kappa shape index (κ3) is 2.17. The summed E-state index contributed by atoms with van der Waals surface area (Å²) in [6.07, 6.45) is 3.27. The highest BCUT2D eigenvalue weighted by atomic mass is 32.1. The molecule has 0 fully saturated rings. The zero-order valence-corrected chi connectivity index (χ0v) is 8.16. The molecule has 2 aromatic heterocycles. The van der Waals surface area contributed by atoms with E-state index in [1.807, 2.05) is 12.1 Å². The number of nitrogen functional groups attached to an aromatic ring is 1. The Morgan fingerprint density at radius 3 is 3.07 bits per heavy atom. The van der Waals surface area contributed by atoms with Crippen LogP contribution in [0.4, 0.5) is 10.1 Å². The van der Waals surface area contributed by atoms with Crippen LogP contribution < -0.4 is 11.1 Å². The largest absolute Gasteiger partial charge is 0.389 e. The molecule has 0 aliphatic carbocycles. The summed E-state index contributed by atoms with van der Waals surface area (Å²) >= 11 is 1.41. The van der Waals surface area contributed by atoms with E-state index in [2.05, 4.69) is 20.5 Å². The summed E-state index contributed by atoms with van der Waals surface area (Å²) in [6.45, 7) is 0.612. The van der Waals surface area contributed by atoms with E-state index in [1.54, 1.807) is 12.4 Å². The van der Waals surface area contributed by atoms with Gasteiger partial charge in [-0.3, -0.25) is 0 Å². The smallest absolute Gasteiger partial charge is 0.184 e. The molecule has 0 spiro atoms. The molecule has 72 valence electrons. The van der Waals surface area contributed by atoms with Crippen molar-refractivity contribution < 1.29 is 0 Å². The van der Waals surface area contributed by atoms with Crippen LogP contribution in [0.15, 0.2) is 24.5 Å². The SMILES string of the molecule is Nc1cnc(NCc2cccnn2)s1. The van der Waals surface area contributed by atoms with Crippen LogP contribution in [0.1, 0.15) is 5.69 Å². The van der Waals surface area contributed by atoms with Gasteiger partial charge in [0.25, 0.3) is 0 Å². The molecule has 0 radical (unpaired) electrons. The monoisotopic (exact) mass is 207 g/mol. The van der Waals surface area contributed by atoms with Crippen LogP contribution in [-0.2, 0) is 6.54 Å². The van der Waals surface area contributed by atoms with Gasteiger partial charge in [-0.1, -0.05) is 11.3 Å². The number of hydrogen-bond donors (Lipinski definition) is 2. The maximum Gasteiger partial charge on any atom is 0.184 e. The predicted octanol–water partition coefficient (Wildman–Crippen LogP) is 1.13. The molecular weight excluding hydrogens is 198 g/mol. The van der Waals surface area contributed by atoms with Crippen LogP contribution in [-0.4, -0.2) is 15.2 Å². The lowest BCUT2D eigenvalue weighted by Gasteiger charge is -1.99. The summed E-state index contributed by atoms with van der Waals surface area (Å²) in [7, 11) is 0. The van der Waals surface area contributed by atoms with Gasteiger partial charge in [-0.25, -0.2) is 4.98 Å². The number of anilines is 2. The van der Waals surface area contributed by atoms with Gasteiger partial charge in [0.05, 0.1) is 18.4 Å². The average Bonchev–Trinajstić information content (AvgIpc) is 2.63. The van der Waals surface area contributed by atoms with Crippen LogP contribution in [0.25, 0.3) is 0 Å². The Hall–Kier alpha value is -1.69. The van der Waals surface area contributed by atoms with Gasteiger partial charge in [0.2, 0.25) is 0 Å². The summed E-state index contributed by atoms with van der Waals surface area (Å²) in [5.74, 6) is 0. The first-order valence-electron chi connectivity index (χ1n) is 4.06. The molecule has 3 N–H and O–H groups in total. The standard InChI is InChI=1S/C8H9N5S/c9-7-5-11-8(14-7)10-4-6-2-1-3-12-13-6/h1-3,5H,4,9H2,(H,10,11). The Labute approximate surface area is 85.0 Å². The molecule has 6 heteroatoms. The molecule has 0 aromatic carbocycles. The van der Waals surface area contributed by atoms with E-state index in [0.717, 1.165) is 10.8 Å². The first kappa shape index (κ1) is 8.89. The summed E-state index contributed by atoms with van der Waals surface area (Å²) in [4.78, 5) is 4.07. The molecule has 5 nitrogen and oxygen atoms in total. The van der Waals surface area contributed by atoms with E-state index in [0.29, 0.717) is 11.5 Å². The first-order chi connectivity index (χ1) is 6.84.